The molecule has 0 saturated heterocycles. The summed E-state index contributed by atoms with van der Waals surface area (Å²) < 4.78 is 29.0. The molecule has 0 amide bonds. The number of carbonyl (C=O) groups excluding carboxylic acids is 3. The minimum Gasteiger partial charge on any atom is -0.504 e. The van der Waals surface area contributed by atoms with Crippen LogP contribution >= 0.6 is 0 Å². The number of hydrogen-bond donors (Lipinski definition) is 1. The van der Waals surface area contributed by atoms with Crippen molar-refractivity contribution in [1.29, 1.82) is 0 Å². The van der Waals surface area contributed by atoms with Gasteiger partial charge in [-0.25, -0.2) is 4.79 Å². The van der Waals surface area contributed by atoms with Gasteiger partial charge in [-0.05, 0) is 124 Å². The van der Waals surface area contributed by atoms with Crippen molar-refractivity contribution in [2.75, 3.05) is 7.11 Å². The van der Waals surface area contributed by atoms with Crippen LogP contribution in [0.25, 0.3) is 0 Å². The monoisotopic (exact) mass is 676 g/mol. The van der Waals surface area contributed by atoms with Crippen LogP contribution in [-0.2, 0) is 19.1 Å². The van der Waals surface area contributed by atoms with Crippen molar-refractivity contribution in [3.05, 3.63) is 47.5 Å². The van der Waals surface area contributed by atoms with E-state index in [-0.39, 0.29) is 64.5 Å². The molecule has 1 heterocycles. The van der Waals surface area contributed by atoms with Gasteiger partial charge in [-0.1, -0.05) is 32.9 Å². The summed E-state index contributed by atoms with van der Waals surface area (Å²) in [6.45, 7) is 11.8. The predicted molar refractivity (Wildman–Crippen MR) is 183 cm³/mol. The number of methoxy groups -OCH3 is 1. The molecule has 4 aliphatic rings. The zero-order valence-corrected chi connectivity index (χ0v) is 30.0. The summed E-state index contributed by atoms with van der Waals surface area (Å²) in [5.41, 5.74) is -0.0376. The lowest BCUT2D eigenvalue weighted by atomic mass is 9.66. The van der Waals surface area contributed by atoms with Crippen LogP contribution in [0.2, 0.25) is 0 Å². The van der Waals surface area contributed by atoms with Gasteiger partial charge in [0.15, 0.2) is 11.5 Å². The third-order valence-corrected chi connectivity index (χ3v) is 12.2. The van der Waals surface area contributed by atoms with Gasteiger partial charge in [0.05, 0.1) is 18.4 Å². The molecule has 49 heavy (non-hydrogen) atoms. The first-order valence-corrected chi connectivity index (χ1v) is 18.1. The fraction of sp³-hybridized carbons (Fsp3) is 0.625. The Labute approximate surface area is 290 Å². The van der Waals surface area contributed by atoms with E-state index in [9.17, 15) is 19.5 Å². The van der Waals surface area contributed by atoms with Crippen molar-refractivity contribution in [1.82, 2.24) is 0 Å². The molecule has 3 saturated carbocycles. The number of phenolic OH excluding ortho intramolecular Hbond substituents is 1. The lowest BCUT2D eigenvalue weighted by Crippen LogP contribution is -2.42. The lowest BCUT2D eigenvalue weighted by molar-refractivity contribution is -0.174. The molecule has 1 aliphatic heterocycles. The average Bonchev–Trinajstić information content (AvgIpc) is 3.77. The Kier molecular flexibility index (Phi) is 9.44. The SMILES string of the molecule is CCC1(OC(=O)C(C)(CC(C)c2ccc(O)c(OC)c2)CC2C3CC(C(=O)Oc4cccc5c4C(=O)OC(C)(C)O5)C(C3)C2C)CCCC1. The van der Waals surface area contributed by atoms with E-state index < -0.39 is 22.8 Å². The zero-order chi connectivity index (χ0) is 35.3. The number of fused-ring (bicyclic) bond motifs is 3. The normalized spacial score (nSPS) is 28.1. The molecule has 2 bridgehead atoms. The fourth-order valence-electron chi connectivity index (χ4n) is 9.47. The van der Waals surface area contributed by atoms with E-state index in [4.69, 9.17) is 23.7 Å². The minimum atomic E-state index is -1.11. The van der Waals surface area contributed by atoms with E-state index in [0.717, 1.165) is 44.1 Å². The Balaban J connectivity index is 1.19. The van der Waals surface area contributed by atoms with Crippen LogP contribution in [0.3, 0.4) is 0 Å². The fourth-order valence-corrected chi connectivity index (χ4v) is 9.47. The van der Waals surface area contributed by atoms with Crippen LogP contribution in [-0.4, -0.2) is 41.5 Å². The Morgan fingerprint density at radius 1 is 1.08 bits per heavy atom. The van der Waals surface area contributed by atoms with Gasteiger partial charge in [-0.3, -0.25) is 9.59 Å². The number of rotatable bonds is 11. The molecular formula is C40H52O9. The van der Waals surface area contributed by atoms with Crippen molar-refractivity contribution in [2.24, 2.45) is 35.0 Å². The van der Waals surface area contributed by atoms with Gasteiger partial charge in [0, 0.05) is 13.8 Å². The number of ether oxygens (including phenoxy) is 5. The Morgan fingerprint density at radius 3 is 2.49 bits per heavy atom. The average molecular weight is 677 g/mol. The van der Waals surface area contributed by atoms with Crippen LogP contribution in [0.4, 0.5) is 0 Å². The molecule has 7 atom stereocenters. The third-order valence-electron chi connectivity index (χ3n) is 12.2. The molecule has 3 aliphatic carbocycles. The summed E-state index contributed by atoms with van der Waals surface area (Å²) >= 11 is 0. The van der Waals surface area contributed by atoms with Crippen LogP contribution < -0.4 is 14.2 Å². The highest BCUT2D eigenvalue weighted by Crippen LogP contribution is 2.59. The van der Waals surface area contributed by atoms with Gasteiger partial charge < -0.3 is 28.8 Å². The second kappa shape index (κ2) is 13.2. The molecule has 3 fully saturated rings. The number of carbonyl (C=O) groups is 3. The van der Waals surface area contributed by atoms with E-state index in [1.54, 1.807) is 38.1 Å². The lowest BCUT2D eigenvalue weighted by Gasteiger charge is -2.41. The highest BCUT2D eigenvalue weighted by Gasteiger charge is 2.56. The van der Waals surface area contributed by atoms with E-state index in [0.29, 0.717) is 30.8 Å². The second-order valence-corrected chi connectivity index (χ2v) is 15.9. The minimum absolute atomic E-state index is 0.00266. The number of hydrogen-bond acceptors (Lipinski definition) is 9. The van der Waals surface area contributed by atoms with Gasteiger partial charge in [-0.2, -0.15) is 0 Å². The highest BCUT2D eigenvalue weighted by atomic mass is 16.7. The van der Waals surface area contributed by atoms with Crippen LogP contribution in [0.5, 0.6) is 23.0 Å². The number of benzene rings is 2. The van der Waals surface area contributed by atoms with Crippen molar-refractivity contribution in [3.63, 3.8) is 0 Å². The van der Waals surface area contributed by atoms with Gasteiger partial charge in [0.1, 0.15) is 22.7 Å². The Bertz CT molecular complexity index is 1590. The summed E-state index contributed by atoms with van der Waals surface area (Å²) in [6, 6.07) is 10.4. The first-order chi connectivity index (χ1) is 23.2. The van der Waals surface area contributed by atoms with Crippen molar-refractivity contribution < 1.29 is 43.2 Å². The van der Waals surface area contributed by atoms with Gasteiger partial charge in [0.2, 0.25) is 5.79 Å². The summed E-state index contributed by atoms with van der Waals surface area (Å²) in [4.78, 5) is 40.9. The summed E-state index contributed by atoms with van der Waals surface area (Å²) in [5, 5.41) is 10.2. The molecule has 9 nitrogen and oxygen atoms in total. The Morgan fingerprint density at radius 2 is 1.82 bits per heavy atom. The molecule has 266 valence electrons. The van der Waals surface area contributed by atoms with E-state index >= 15 is 0 Å². The van der Waals surface area contributed by atoms with Crippen LogP contribution in [0, 0.1) is 35.0 Å². The van der Waals surface area contributed by atoms with Crippen molar-refractivity contribution in [2.45, 2.75) is 117 Å². The van der Waals surface area contributed by atoms with E-state index in [2.05, 4.69) is 27.7 Å². The van der Waals surface area contributed by atoms with Gasteiger partial charge in [-0.15, -0.1) is 0 Å². The first kappa shape index (κ1) is 35.1. The molecule has 2 aromatic rings. The topological polar surface area (TPSA) is 118 Å². The summed E-state index contributed by atoms with van der Waals surface area (Å²) in [6.07, 6.45) is 7.57. The summed E-state index contributed by atoms with van der Waals surface area (Å²) in [7, 11) is 1.53. The standard InChI is InChI=1S/C40H52O9/c1-8-40(16-9-10-17-40)49-37(44)39(6,21-23(2)25-14-15-30(41)33(20-25)45-7)22-29-24(3)27-18-26(29)19-28(27)35(42)46-31-12-11-13-32-34(31)36(43)48-38(4,5)47-32/h11-15,20,23-24,26-29,41H,8-10,16-19,21-22H2,1-7H3. The molecular weight excluding hydrogens is 624 g/mol. The number of aromatic hydroxyl groups is 1. The molecule has 7 unspecified atom stereocenters. The maximum absolute atomic E-state index is 14.4. The first-order valence-electron chi connectivity index (χ1n) is 18.1. The highest BCUT2D eigenvalue weighted by molar-refractivity contribution is 5.97. The maximum Gasteiger partial charge on any atom is 0.349 e. The number of phenols is 1. The predicted octanol–water partition coefficient (Wildman–Crippen LogP) is 8.36. The summed E-state index contributed by atoms with van der Waals surface area (Å²) in [5.74, 6) is -0.664. The van der Waals surface area contributed by atoms with Crippen molar-refractivity contribution in [3.8, 4) is 23.0 Å². The zero-order valence-electron chi connectivity index (χ0n) is 30.0. The maximum atomic E-state index is 14.4. The van der Waals surface area contributed by atoms with Gasteiger partial charge in [0.25, 0.3) is 0 Å². The van der Waals surface area contributed by atoms with Crippen molar-refractivity contribution >= 4 is 17.9 Å². The molecule has 1 N–H and O–H groups in total. The van der Waals surface area contributed by atoms with Crippen LogP contribution in [0.15, 0.2) is 36.4 Å². The van der Waals surface area contributed by atoms with Gasteiger partial charge >= 0.3 is 17.9 Å². The number of esters is 3. The van der Waals surface area contributed by atoms with E-state index in [1.807, 2.05) is 12.1 Å². The molecule has 0 radical (unpaired) electrons. The quantitative estimate of drug-likeness (QED) is 0.185. The third kappa shape index (κ3) is 6.74. The molecule has 2 aromatic carbocycles. The second-order valence-electron chi connectivity index (χ2n) is 15.9. The van der Waals surface area contributed by atoms with Crippen LogP contribution in [0.1, 0.15) is 121 Å². The van der Waals surface area contributed by atoms with E-state index in [1.165, 1.54) is 7.11 Å². The smallest absolute Gasteiger partial charge is 0.349 e. The number of cyclic esters (lactones) is 1. The molecule has 9 heteroatoms. The molecule has 0 spiro atoms. The Hall–Kier alpha value is -3.75. The largest absolute Gasteiger partial charge is 0.504 e. The molecule has 6 rings (SSSR count). The molecule has 0 aromatic heterocycles.